The van der Waals surface area contributed by atoms with Gasteiger partial charge >= 0.3 is 0 Å². The van der Waals surface area contributed by atoms with Crippen molar-refractivity contribution in [3.63, 3.8) is 0 Å². The van der Waals surface area contributed by atoms with Gasteiger partial charge in [0.1, 0.15) is 0 Å². The van der Waals surface area contributed by atoms with E-state index < -0.39 is 0 Å². The first-order valence-electron chi connectivity index (χ1n) is 3.60. The molecule has 1 heterocycles. The number of H-pyrrole nitrogens is 1. The van der Waals surface area contributed by atoms with Gasteiger partial charge in [-0.05, 0) is 11.5 Å². The zero-order chi connectivity index (χ0) is 7.68. The molecule has 1 aromatic carbocycles. The zero-order valence-corrected chi connectivity index (χ0v) is 6.17. The van der Waals surface area contributed by atoms with Crippen LogP contribution in [0.3, 0.4) is 0 Å². The molecule has 0 aliphatic heterocycles. The minimum absolute atomic E-state index is 1.10. The lowest BCUT2D eigenvalue weighted by Crippen LogP contribution is -1.67. The first-order valence-corrected chi connectivity index (χ1v) is 3.60. The maximum Gasteiger partial charge on any atom is 0.0454 e. The molecule has 0 aliphatic carbocycles. The fraction of sp³-hybridized carbons (Fsp3) is 0. The van der Waals surface area contributed by atoms with E-state index in [1.54, 1.807) is 0 Å². The van der Waals surface area contributed by atoms with Crippen LogP contribution in [-0.2, 0) is 0 Å². The normalized spacial score (nSPS) is 10.2. The van der Waals surface area contributed by atoms with Crippen molar-refractivity contribution >= 4 is 16.8 Å². The van der Waals surface area contributed by atoms with Crippen LogP contribution in [0.4, 0.5) is 0 Å². The molecule has 0 radical (unpaired) electrons. The summed E-state index contributed by atoms with van der Waals surface area (Å²) in [5, 5.41) is 2.48. The largest absolute Gasteiger partial charge is 0.361 e. The number of aromatic amines is 1. The summed E-state index contributed by atoms with van der Waals surface area (Å²) >= 11 is 0. The van der Waals surface area contributed by atoms with Crippen LogP contribution in [-0.4, -0.2) is 4.98 Å². The fourth-order valence-electron chi connectivity index (χ4n) is 1.27. The molecular formula is C10H9N. The third kappa shape index (κ3) is 0.855. The van der Waals surface area contributed by atoms with Gasteiger partial charge in [0.2, 0.25) is 0 Å². The predicted octanol–water partition coefficient (Wildman–Crippen LogP) is 2.81. The van der Waals surface area contributed by atoms with Gasteiger partial charge in [0, 0.05) is 17.3 Å². The fourth-order valence-corrected chi connectivity index (χ4v) is 1.27. The highest BCUT2D eigenvalue weighted by Gasteiger charge is 1.96. The summed E-state index contributed by atoms with van der Waals surface area (Å²) in [5.74, 6) is 0. The van der Waals surface area contributed by atoms with Gasteiger partial charge in [-0.15, -0.1) is 0 Å². The second-order valence-electron chi connectivity index (χ2n) is 2.49. The van der Waals surface area contributed by atoms with Crippen molar-refractivity contribution < 1.29 is 0 Å². The summed E-state index contributed by atoms with van der Waals surface area (Å²) in [4.78, 5) is 3.15. The molecule has 0 bridgehead atoms. The van der Waals surface area contributed by atoms with Crippen LogP contribution < -0.4 is 0 Å². The Morgan fingerprint density at radius 1 is 1.27 bits per heavy atom. The second kappa shape index (κ2) is 2.27. The molecule has 0 unspecified atom stereocenters. The topological polar surface area (TPSA) is 15.8 Å². The Balaban J connectivity index is 2.86. The van der Waals surface area contributed by atoms with E-state index in [9.17, 15) is 0 Å². The number of aromatic nitrogens is 1. The molecule has 54 valence electrons. The van der Waals surface area contributed by atoms with Gasteiger partial charge in [-0.2, -0.15) is 0 Å². The summed E-state index contributed by atoms with van der Waals surface area (Å²) in [6.45, 7) is 3.72. The SMILES string of the molecule is C=Cc1[nH]cc2ccccc12. The Morgan fingerprint density at radius 2 is 2.09 bits per heavy atom. The van der Waals surface area contributed by atoms with Gasteiger partial charge in [0.15, 0.2) is 0 Å². The van der Waals surface area contributed by atoms with E-state index in [-0.39, 0.29) is 0 Å². The first-order chi connectivity index (χ1) is 5.42. The van der Waals surface area contributed by atoms with Gasteiger partial charge in [-0.3, -0.25) is 0 Å². The predicted molar refractivity (Wildman–Crippen MR) is 48.4 cm³/mol. The quantitative estimate of drug-likeness (QED) is 0.631. The van der Waals surface area contributed by atoms with E-state index >= 15 is 0 Å². The zero-order valence-electron chi connectivity index (χ0n) is 6.17. The van der Waals surface area contributed by atoms with E-state index in [0.29, 0.717) is 0 Å². The van der Waals surface area contributed by atoms with Crippen molar-refractivity contribution in [2.75, 3.05) is 0 Å². The van der Waals surface area contributed by atoms with Gasteiger partial charge in [-0.25, -0.2) is 0 Å². The Morgan fingerprint density at radius 3 is 2.91 bits per heavy atom. The molecule has 2 rings (SSSR count). The molecule has 1 aromatic heterocycles. The highest BCUT2D eigenvalue weighted by molar-refractivity contribution is 5.89. The van der Waals surface area contributed by atoms with Gasteiger partial charge < -0.3 is 4.98 Å². The molecule has 1 nitrogen and oxygen atoms in total. The Hall–Kier alpha value is -1.50. The lowest BCUT2D eigenvalue weighted by Gasteiger charge is -1.88. The maximum absolute atomic E-state index is 3.72. The lowest BCUT2D eigenvalue weighted by atomic mass is 10.2. The van der Waals surface area contributed by atoms with E-state index in [1.807, 2.05) is 24.4 Å². The monoisotopic (exact) mass is 143 g/mol. The van der Waals surface area contributed by atoms with Gasteiger partial charge in [0.25, 0.3) is 0 Å². The van der Waals surface area contributed by atoms with Crippen molar-refractivity contribution in [3.8, 4) is 0 Å². The molecule has 0 saturated heterocycles. The van der Waals surface area contributed by atoms with Crippen LogP contribution in [0.15, 0.2) is 37.0 Å². The molecule has 1 N–H and O–H groups in total. The summed E-state index contributed by atoms with van der Waals surface area (Å²) in [6, 6.07) is 8.23. The first kappa shape index (κ1) is 6.23. The standard InChI is InChI=1S/C10H9N/c1-2-10-9-6-4-3-5-8(9)7-11-10/h2-7,11H,1H2. The lowest BCUT2D eigenvalue weighted by molar-refractivity contribution is 1.39. The van der Waals surface area contributed by atoms with Crippen LogP contribution >= 0.6 is 0 Å². The molecule has 0 saturated carbocycles. The van der Waals surface area contributed by atoms with Gasteiger partial charge in [-0.1, -0.05) is 30.8 Å². The number of nitrogens with one attached hydrogen (secondary N) is 1. The highest BCUT2D eigenvalue weighted by atomic mass is 14.7. The van der Waals surface area contributed by atoms with Crippen LogP contribution in [0.5, 0.6) is 0 Å². The number of hydrogen-bond acceptors (Lipinski definition) is 0. The van der Waals surface area contributed by atoms with Crippen LogP contribution in [0.1, 0.15) is 5.69 Å². The van der Waals surface area contributed by atoms with E-state index in [1.165, 1.54) is 10.8 Å². The van der Waals surface area contributed by atoms with Crippen molar-refractivity contribution in [1.29, 1.82) is 0 Å². The molecule has 0 aliphatic rings. The van der Waals surface area contributed by atoms with Crippen molar-refractivity contribution in [2.45, 2.75) is 0 Å². The third-order valence-corrected chi connectivity index (χ3v) is 1.84. The average molecular weight is 143 g/mol. The molecule has 11 heavy (non-hydrogen) atoms. The number of fused-ring (bicyclic) bond motifs is 1. The number of rotatable bonds is 1. The molecule has 1 heteroatoms. The van der Waals surface area contributed by atoms with Gasteiger partial charge in [0.05, 0.1) is 0 Å². The van der Waals surface area contributed by atoms with Crippen LogP contribution in [0.2, 0.25) is 0 Å². The average Bonchev–Trinajstić information content (AvgIpc) is 2.47. The minimum Gasteiger partial charge on any atom is -0.361 e. The van der Waals surface area contributed by atoms with Crippen molar-refractivity contribution in [2.24, 2.45) is 0 Å². The van der Waals surface area contributed by atoms with E-state index in [2.05, 4.69) is 23.7 Å². The summed E-state index contributed by atoms with van der Waals surface area (Å²) in [6.07, 6.45) is 3.83. The molecular weight excluding hydrogens is 134 g/mol. The maximum atomic E-state index is 3.72. The minimum atomic E-state index is 1.10. The summed E-state index contributed by atoms with van der Waals surface area (Å²) < 4.78 is 0. The molecule has 0 fully saturated rings. The highest BCUT2D eigenvalue weighted by Crippen LogP contribution is 2.17. The summed E-state index contributed by atoms with van der Waals surface area (Å²) in [7, 11) is 0. The molecule has 2 aromatic rings. The van der Waals surface area contributed by atoms with Crippen LogP contribution in [0, 0.1) is 0 Å². The Kier molecular flexibility index (Phi) is 1.29. The van der Waals surface area contributed by atoms with E-state index in [4.69, 9.17) is 0 Å². The Labute approximate surface area is 65.4 Å². The number of benzene rings is 1. The third-order valence-electron chi connectivity index (χ3n) is 1.84. The number of hydrogen-bond donors (Lipinski definition) is 1. The van der Waals surface area contributed by atoms with Crippen molar-refractivity contribution in [3.05, 3.63) is 42.7 Å². The van der Waals surface area contributed by atoms with E-state index in [0.717, 1.165) is 5.69 Å². The Bertz CT molecular complexity index is 384. The second-order valence-corrected chi connectivity index (χ2v) is 2.49. The van der Waals surface area contributed by atoms with Crippen molar-refractivity contribution in [1.82, 2.24) is 4.98 Å². The summed E-state index contributed by atoms with van der Waals surface area (Å²) in [5.41, 5.74) is 1.10. The van der Waals surface area contributed by atoms with Crippen LogP contribution in [0.25, 0.3) is 16.8 Å². The smallest absolute Gasteiger partial charge is 0.0454 e. The molecule has 0 atom stereocenters. The molecule has 0 spiro atoms. The molecule has 0 amide bonds.